The second-order valence-corrected chi connectivity index (χ2v) is 5.96. The molecule has 2 fully saturated rings. The van der Waals surface area contributed by atoms with E-state index in [1.165, 1.54) is 19.2 Å². The van der Waals surface area contributed by atoms with Crippen LogP contribution in [0.1, 0.15) is 37.3 Å². The minimum atomic E-state index is -0.663. The van der Waals surface area contributed by atoms with E-state index < -0.39 is 18.2 Å². The maximum Gasteiger partial charge on any atom is 0.335 e. The van der Waals surface area contributed by atoms with Crippen LogP contribution in [-0.2, 0) is 19.1 Å². The maximum absolute atomic E-state index is 13.4. The standard InChI is InChI=1S/C17H20FNO4/c1-22-17(21)15-8-7-14(23-15)16(20)19-9-3-6-13(19)11-4-2-5-12(18)10-11/h2,4-5,10,13-15H,3,6-9H2,1H3/t13-,14+,15+/m1/s1. The van der Waals surface area contributed by atoms with Gasteiger partial charge < -0.3 is 14.4 Å². The Balaban J connectivity index is 1.70. The van der Waals surface area contributed by atoms with Gasteiger partial charge >= 0.3 is 5.97 Å². The maximum atomic E-state index is 13.4. The van der Waals surface area contributed by atoms with E-state index in [9.17, 15) is 14.0 Å². The summed E-state index contributed by atoms with van der Waals surface area (Å²) in [5.74, 6) is -0.865. The highest BCUT2D eigenvalue weighted by molar-refractivity contribution is 5.83. The molecule has 0 aromatic heterocycles. The molecule has 0 bridgehead atoms. The SMILES string of the molecule is COC(=O)[C@@H]1CC[C@@H](C(=O)N2CCC[C@@H]2c2cccc(F)c2)O1. The Kier molecular flexibility index (Phi) is 4.61. The predicted octanol–water partition coefficient (Wildman–Crippen LogP) is 2.21. The number of hydrogen-bond donors (Lipinski definition) is 0. The number of rotatable bonds is 3. The Bertz CT molecular complexity index is 606. The van der Waals surface area contributed by atoms with Crippen molar-refractivity contribution in [1.29, 1.82) is 0 Å². The molecule has 1 aromatic carbocycles. The number of esters is 1. The van der Waals surface area contributed by atoms with Gasteiger partial charge in [-0.25, -0.2) is 9.18 Å². The molecule has 124 valence electrons. The molecule has 1 amide bonds. The summed E-state index contributed by atoms with van der Waals surface area (Å²) in [6, 6.07) is 6.24. The van der Waals surface area contributed by atoms with E-state index in [0.29, 0.717) is 19.4 Å². The van der Waals surface area contributed by atoms with Gasteiger partial charge in [0, 0.05) is 6.54 Å². The molecule has 0 N–H and O–H groups in total. The van der Waals surface area contributed by atoms with Crippen LogP contribution < -0.4 is 0 Å². The Hall–Kier alpha value is -1.95. The molecule has 5 nitrogen and oxygen atoms in total. The summed E-state index contributed by atoms with van der Waals surface area (Å²) in [6.07, 6.45) is 1.40. The number of carbonyl (C=O) groups excluding carboxylic acids is 2. The molecule has 6 heteroatoms. The fourth-order valence-electron chi connectivity index (χ4n) is 3.40. The fraction of sp³-hybridized carbons (Fsp3) is 0.529. The van der Waals surface area contributed by atoms with Crippen molar-refractivity contribution < 1.29 is 23.5 Å². The first kappa shape index (κ1) is 15.9. The first-order valence-corrected chi connectivity index (χ1v) is 7.89. The molecular formula is C17H20FNO4. The third-order valence-electron chi connectivity index (χ3n) is 4.53. The van der Waals surface area contributed by atoms with Gasteiger partial charge in [0.25, 0.3) is 5.91 Å². The van der Waals surface area contributed by atoms with Gasteiger partial charge in [0.05, 0.1) is 13.2 Å². The first-order chi connectivity index (χ1) is 11.1. The Morgan fingerprint density at radius 2 is 2.04 bits per heavy atom. The van der Waals surface area contributed by atoms with Gasteiger partial charge in [-0.05, 0) is 43.4 Å². The van der Waals surface area contributed by atoms with Crippen LogP contribution in [0.2, 0.25) is 0 Å². The minimum absolute atomic E-state index is 0.122. The van der Waals surface area contributed by atoms with E-state index in [1.807, 2.05) is 6.07 Å². The normalized spacial score (nSPS) is 27.2. The number of halogens is 1. The summed E-state index contributed by atoms with van der Waals surface area (Å²) in [7, 11) is 1.31. The topological polar surface area (TPSA) is 55.8 Å². The van der Waals surface area contributed by atoms with E-state index in [-0.39, 0.29) is 17.8 Å². The third-order valence-corrected chi connectivity index (χ3v) is 4.53. The lowest BCUT2D eigenvalue weighted by Gasteiger charge is -2.27. The number of nitrogens with zero attached hydrogens (tertiary/aromatic N) is 1. The summed E-state index contributed by atoms with van der Waals surface area (Å²) < 4.78 is 23.7. The fourth-order valence-corrected chi connectivity index (χ4v) is 3.40. The van der Waals surface area contributed by atoms with Gasteiger partial charge in [-0.1, -0.05) is 12.1 Å². The molecule has 2 aliphatic heterocycles. The zero-order chi connectivity index (χ0) is 16.4. The van der Waals surface area contributed by atoms with Gasteiger partial charge in [-0.3, -0.25) is 4.79 Å². The summed E-state index contributed by atoms with van der Waals surface area (Å²) >= 11 is 0. The van der Waals surface area contributed by atoms with Crippen LogP contribution in [0.15, 0.2) is 24.3 Å². The van der Waals surface area contributed by atoms with Crippen molar-refractivity contribution in [3.63, 3.8) is 0 Å². The first-order valence-electron chi connectivity index (χ1n) is 7.89. The largest absolute Gasteiger partial charge is 0.467 e. The van der Waals surface area contributed by atoms with Gasteiger partial charge in [0.15, 0.2) is 6.10 Å². The molecular weight excluding hydrogens is 301 g/mol. The molecule has 0 saturated carbocycles. The van der Waals surface area contributed by atoms with E-state index in [1.54, 1.807) is 11.0 Å². The number of amides is 1. The lowest BCUT2D eigenvalue weighted by atomic mass is 10.0. The highest BCUT2D eigenvalue weighted by Gasteiger charge is 2.40. The molecule has 23 heavy (non-hydrogen) atoms. The molecule has 2 heterocycles. The van der Waals surface area contributed by atoms with Crippen LogP contribution in [0.3, 0.4) is 0 Å². The third kappa shape index (κ3) is 3.22. The number of methoxy groups -OCH3 is 1. The van der Waals surface area contributed by atoms with Gasteiger partial charge in [-0.2, -0.15) is 0 Å². The van der Waals surface area contributed by atoms with E-state index >= 15 is 0 Å². The average molecular weight is 321 g/mol. The molecule has 0 radical (unpaired) electrons. The number of hydrogen-bond acceptors (Lipinski definition) is 4. The quantitative estimate of drug-likeness (QED) is 0.801. The lowest BCUT2D eigenvalue weighted by molar-refractivity contribution is -0.157. The highest BCUT2D eigenvalue weighted by atomic mass is 19.1. The molecule has 0 unspecified atom stereocenters. The lowest BCUT2D eigenvalue weighted by Crippen LogP contribution is -2.39. The molecule has 3 rings (SSSR count). The Morgan fingerprint density at radius 1 is 1.26 bits per heavy atom. The van der Waals surface area contributed by atoms with E-state index in [0.717, 1.165) is 18.4 Å². The zero-order valence-electron chi connectivity index (χ0n) is 13.0. The molecule has 0 aliphatic carbocycles. The molecule has 1 aromatic rings. The van der Waals surface area contributed by atoms with E-state index in [4.69, 9.17) is 4.74 Å². The summed E-state index contributed by atoms with van der Waals surface area (Å²) in [5, 5.41) is 0. The molecule has 2 saturated heterocycles. The Labute approximate surface area is 134 Å². The number of ether oxygens (including phenoxy) is 2. The molecule has 3 atom stereocenters. The van der Waals surface area contributed by atoms with Gasteiger partial charge in [0.2, 0.25) is 0 Å². The minimum Gasteiger partial charge on any atom is -0.467 e. The van der Waals surface area contributed by atoms with Crippen molar-refractivity contribution in [3.8, 4) is 0 Å². The van der Waals surface area contributed by atoms with Gasteiger partial charge in [-0.15, -0.1) is 0 Å². The number of carbonyl (C=O) groups is 2. The predicted molar refractivity (Wildman–Crippen MR) is 80.0 cm³/mol. The molecule has 2 aliphatic rings. The smallest absolute Gasteiger partial charge is 0.335 e. The zero-order valence-corrected chi connectivity index (χ0v) is 13.0. The van der Waals surface area contributed by atoms with Crippen molar-refractivity contribution in [2.75, 3.05) is 13.7 Å². The monoisotopic (exact) mass is 321 g/mol. The van der Waals surface area contributed by atoms with Crippen molar-refractivity contribution in [2.24, 2.45) is 0 Å². The van der Waals surface area contributed by atoms with E-state index in [2.05, 4.69) is 4.74 Å². The second-order valence-electron chi connectivity index (χ2n) is 5.96. The van der Waals surface area contributed by atoms with Crippen LogP contribution in [0, 0.1) is 5.82 Å². The highest BCUT2D eigenvalue weighted by Crippen LogP contribution is 2.34. The van der Waals surface area contributed by atoms with Gasteiger partial charge in [0.1, 0.15) is 11.9 Å². The Morgan fingerprint density at radius 3 is 2.78 bits per heavy atom. The van der Waals surface area contributed by atoms with Crippen LogP contribution >= 0.6 is 0 Å². The summed E-state index contributed by atoms with van der Waals surface area (Å²) in [4.78, 5) is 26.0. The van der Waals surface area contributed by atoms with Crippen molar-refractivity contribution in [1.82, 2.24) is 4.90 Å². The summed E-state index contributed by atoms with van der Waals surface area (Å²) in [6.45, 7) is 0.628. The van der Waals surface area contributed by atoms with Crippen LogP contribution in [-0.4, -0.2) is 42.6 Å². The van der Waals surface area contributed by atoms with Crippen LogP contribution in [0.4, 0.5) is 4.39 Å². The number of likely N-dealkylation sites (tertiary alicyclic amines) is 1. The second kappa shape index (κ2) is 6.66. The number of benzene rings is 1. The molecule has 0 spiro atoms. The van der Waals surface area contributed by atoms with Crippen LogP contribution in [0.25, 0.3) is 0 Å². The average Bonchev–Trinajstić information content (AvgIpc) is 3.22. The van der Waals surface area contributed by atoms with Crippen LogP contribution in [0.5, 0.6) is 0 Å². The summed E-state index contributed by atoms with van der Waals surface area (Å²) in [5.41, 5.74) is 0.804. The van der Waals surface area contributed by atoms with Crippen molar-refractivity contribution in [2.45, 2.75) is 43.9 Å². The van der Waals surface area contributed by atoms with Crippen molar-refractivity contribution in [3.05, 3.63) is 35.6 Å². The van der Waals surface area contributed by atoms with Crippen molar-refractivity contribution >= 4 is 11.9 Å².